The number of nitrogens with one attached hydrogen (secondary N) is 2. The van der Waals surface area contributed by atoms with Gasteiger partial charge in [0.1, 0.15) is 0 Å². The van der Waals surface area contributed by atoms with Gasteiger partial charge in [0.05, 0.1) is 0 Å². The Morgan fingerprint density at radius 3 is 3.28 bits per heavy atom. The number of piperazine rings is 1. The predicted molar refractivity (Wildman–Crippen MR) is 74.2 cm³/mol. The number of carbonyl (C=O) groups excluding carboxylic acids is 1. The first kappa shape index (κ1) is 13.3. The van der Waals surface area contributed by atoms with Crippen molar-refractivity contribution in [2.75, 3.05) is 25.0 Å². The SMILES string of the molecule is CCCc1cnc(NC(=O)N2CCNC[C@@H]2C)s1. The average Bonchev–Trinajstić information content (AvgIpc) is 2.77. The minimum Gasteiger partial charge on any atom is -0.319 e. The van der Waals surface area contributed by atoms with Crippen LogP contribution >= 0.6 is 11.3 Å². The maximum absolute atomic E-state index is 12.1. The van der Waals surface area contributed by atoms with E-state index in [9.17, 15) is 4.79 Å². The van der Waals surface area contributed by atoms with E-state index in [4.69, 9.17) is 0 Å². The summed E-state index contributed by atoms with van der Waals surface area (Å²) in [4.78, 5) is 19.4. The summed E-state index contributed by atoms with van der Waals surface area (Å²) >= 11 is 1.57. The zero-order valence-electron chi connectivity index (χ0n) is 10.9. The van der Waals surface area contributed by atoms with E-state index < -0.39 is 0 Å². The van der Waals surface area contributed by atoms with Crippen molar-refractivity contribution in [3.05, 3.63) is 11.1 Å². The number of urea groups is 1. The highest BCUT2D eigenvalue weighted by Gasteiger charge is 2.23. The lowest BCUT2D eigenvalue weighted by atomic mass is 10.2. The van der Waals surface area contributed by atoms with Gasteiger partial charge < -0.3 is 10.2 Å². The summed E-state index contributed by atoms with van der Waals surface area (Å²) < 4.78 is 0. The highest BCUT2D eigenvalue weighted by atomic mass is 32.1. The van der Waals surface area contributed by atoms with Crippen LogP contribution in [0.2, 0.25) is 0 Å². The van der Waals surface area contributed by atoms with Crippen LogP contribution in [0.4, 0.5) is 9.93 Å². The lowest BCUT2D eigenvalue weighted by Gasteiger charge is -2.33. The number of aromatic nitrogens is 1. The van der Waals surface area contributed by atoms with Crippen molar-refractivity contribution in [3.63, 3.8) is 0 Å². The van der Waals surface area contributed by atoms with Gasteiger partial charge in [0.25, 0.3) is 0 Å². The molecular formula is C12H20N4OS. The number of rotatable bonds is 3. The lowest BCUT2D eigenvalue weighted by molar-refractivity contribution is 0.177. The van der Waals surface area contributed by atoms with Crippen molar-refractivity contribution in [1.29, 1.82) is 0 Å². The van der Waals surface area contributed by atoms with Crippen LogP contribution in [0.25, 0.3) is 0 Å². The van der Waals surface area contributed by atoms with E-state index in [-0.39, 0.29) is 12.1 Å². The highest BCUT2D eigenvalue weighted by Crippen LogP contribution is 2.20. The van der Waals surface area contributed by atoms with Crippen LogP contribution in [0.1, 0.15) is 25.1 Å². The van der Waals surface area contributed by atoms with Crippen molar-refractivity contribution >= 4 is 22.5 Å². The molecule has 1 aliphatic heterocycles. The summed E-state index contributed by atoms with van der Waals surface area (Å²) in [7, 11) is 0. The van der Waals surface area contributed by atoms with Gasteiger partial charge in [-0.05, 0) is 13.3 Å². The van der Waals surface area contributed by atoms with E-state index in [0.717, 1.165) is 32.5 Å². The second-order valence-electron chi connectivity index (χ2n) is 4.56. The van der Waals surface area contributed by atoms with E-state index in [1.165, 1.54) is 4.88 Å². The van der Waals surface area contributed by atoms with E-state index in [1.807, 2.05) is 11.1 Å². The molecule has 0 bridgehead atoms. The second-order valence-corrected chi connectivity index (χ2v) is 5.67. The first-order chi connectivity index (χ1) is 8.70. The van der Waals surface area contributed by atoms with Crippen LogP contribution in [0.5, 0.6) is 0 Å². The molecule has 1 aliphatic rings. The molecule has 0 saturated carbocycles. The molecule has 5 nitrogen and oxygen atoms in total. The fraction of sp³-hybridized carbons (Fsp3) is 0.667. The van der Waals surface area contributed by atoms with Gasteiger partial charge in [-0.3, -0.25) is 5.32 Å². The molecule has 0 radical (unpaired) electrons. The lowest BCUT2D eigenvalue weighted by Crippen LogP contribution is -2.53. The van der Waals surface area contributed by atoms with Crippen molar-refractivity contribution < 1.29 is 4.79 Å². The number of hydrogen-bond acceptors (Lipinski definition) is 4. The first-order valence-corrected chi connectivity index (χ1v) is 7.25. The van der Waals surface area contributed by atoms with Gasteiger partial charge in [-0.25, -0.2) is 9.78 Å². The minimum absolute atomic E-state index is 0.0404. The number of hydrogen-bond donors (Lipinski definition) is 2. The average molecular weight is 268 g/mol. The van der Waals surface area contributed by atoms with Gasteiger partial charge in [0.15, 0.2) is 5.13 Å². The highest BCUT2D eigenvalue weighted by molar-refractivity contribution is 7.15. The van der Waals surface area contributed by atoms with E-state index in [2.05, 4.69) is 29.5 Å². The molecule has 1 atom stereocenters. The summed E-state index contributed by atoms with van der Waals surface area (Å²) in [6, 6.07) is 0.190. The largest absolute Gasteiger partial charge is 0.323 e. The standard InChI is InChI=1S/C12H20N4OS/c1-3-4-10-8-14-11(18-10)15-12(17)16-6-5-13-7-9(16)2/h8-9,13H,3-7H2,1-2H3,(H,14,15,17)/t9-/m0/s1. The Morgan fingerprint density at radius 2 is 2.56 bits per heavy atom. The molecule has 2 N–H and O–H groups in total. The summed E-state index contributed by atoms with van der Waals surface area (Å²) in [5.41, 5.74) is 0. The Balaban J connectivity index is 1.93. The third kappa shape index (κ3) is 3.20. The molecule has 2 amide bonds. The van der Waals surface area contributed by atoms with Crippen LogP contribution in [0.15, 0.2) is 6.20 Å². The topological polar surface area (TPSA) is 57.3 Å². The first-order valence-electron chi connectivity index (χ1n) is 6.43. The number of carbonyl (C=O) groups is 1. The summed E-state index contributed by atoms with van der Waals surface area (Å²) in [5.74, 6) is 0. The molecule has 18 heavy (non-hydrogen) atoms. The van der Waals surface area contributed by atoms with Crippen LogP contribution in [0, 0.1) is 0 Å². The number of thiazole rings is 1. The summed E-state index contributed by atoms with van der Waals surface area (Å²) in [5, 5.41) is 6.86. The minimum atomic E-state index is -0.0404. The van der Waals surface area contributed by atoms with Crippen LogP contribution in [-0.2, 0) is 6.42 Å². The van der Waals surface area contributed by atoms with E-state index >= 15 is 0 Å². The van der Waals surface area contributed by atoms with Crippen molar-refractivity contribution in [1.82, 2.24) is 15.2 Å². The summed E-state index contributed by atoms with van der Waals surface area (Å²) in [6.45, 7) is 6.65. The molecule has 1 aromatic rings. The van der Waals surface area contributed by atoms with Crippen LogP contribution < -0.4 is 10.6 Å². The van der Waals surface area contributed by atoms with Gasteiger partial charge in [0, 0.05) is 36.8 Å². The fourth-order valence-electron chi connectivity index (χ4n) is 2.03. The van der Waals surface area contributed by atoms with Crippen LogP contribution in [-0.4, -0.2) is 41.6 Å². The Hall–Kier alpha value is -1.14. The zero-order chi connectivity index (χ0) is 13.0. The molecule has 2 rings (SSSR count). The Kier molecular flexibility index (Phi) is 4.54. The zero-order valence-corrected chi connectivity index (χ0v) is 11.7. The van der Waals surface area contributed by atoms with Crippen molar-refractivity contribution in [2.24, 2.45) is 0 Å². The molecule has 1 aromatic heterocycles. The molecular weight excluding hydrogens is 248 g/mol. The molecule has 1 saturated heterocycles. The van der Waals surface area contributed by atoms with Gasteiger partial charge in [-0.2, -0.15) is 0 Å². The molecule has 0 aromatic carbocycles. The Labute approximate surface area is 112 Å². The number of amides is 2. The van der Waals surface area contributed by atoms with E-state index in [0.29, 0.717) is 5.13 Å². The van der Waals surface area contributed by atoms with Gasteiger partial charge in [-0.15, -0.1) is 11.3 Å². The van der Waals surface area contributed by atoms with Gasteiger partial charge in [-0.1, -0.05) is 13.3 Å². The monoisotopic (exact) mass is 268 g/mol. The third-order valence-electron chi connectivity index (χ3n) is 3.03. The Bertz CT molecular complexity index is 407. The second kappa shape index (κ2) is 6.15. The maximum atomic E-state index is 12.1. The number of anilines is 1. The van der Waals surface area contributed by atoms with E-state index in [1.54, 1.807) is 11.3 Å². The predicted octanol–water partition coefficient (Wildman–Crippen LogP) is 1.92. The van der Waals surface area contributed by atoms with Crippen LogP contribution in [0.3, 0.4) is 0 Å². The van der Waals surface area contributed by atoms with Gasteiger partial charge in [0.2, 0.25) is 0 Å². The molecule has 0 spiro atoms. The molecule has 1 fully saturated rings. The quantitative estimate of drug-likeness (QED) is 0.880. The van der Waals surface area contributed by atoms with Crippen molar-refractivity contribution in [2.45, 2.75) is 32.7 Å². The molecule has 0 unspecified atom stereocenters. The smallest absolute Gasteiger partial charge is 0.319 e. The summed E-state index contributed by atoms with van der Waals surface area (Å²) in [6.07, 6.45) is 3.98. The number of aryl methyl sites for hydroxylation is 1. The number of nitrogens with zero attached hydrogens (tertiary/aromatic N) is 2. The van der Waals surface area contributed by atoms with Gasteiger partial charge >= 0.3 is 6.03 Å². The molecule has 2 heterocycles. The maximum Gasteiger partial charge on any atom is 0.323 e. The molecule has 100 valence electrons. The van der Waals surface area contributed by atoms with Crippen molar-refractivity contribution in [3.8, 4) is 0 Å². The molecule has 6 heteroatoms. The molecule has 0 aliphatic carbocycles. The normalized spacial score (nSPS) is 19.9. The third-order valence-corrected chi connectivity index (χ3v) is 4.00. The Morgan fingerprint density at radius 1 is 1.72 bits per heavy atom. The fourth-order valence-corrected chi connectivity index (χ4v) is 2.94.